The maximum Gasteiger partial charge on any atom is 0.484 e. The fourth-order valence-corrected chi connectivity index (χ4v) is 5.75. The molecule has 1 aliphatic heterocycles. The summed E-state index contributed by atoms with van der Waals surface area (Å²) < 4.78 is 20.2. The van der Waals surface area contributed by atoms with Gasteiger partial charge >= 0.3 is 13.1 Å². The summed E-state index contributed by atoms with van der Waals surface area (Å²) >= 11 is 0. The zero-order valence-electron chi connectivity index (χ0n) is 17.9. The van der Waals surface area contributed by atoms with Crippen LogP contribution in [-0.2, 0) is 14.0 Å². The van der Waals surface area contributed by atoms with E-state index in [1.54, 1.807) is 17.8 Å². The molecule has 0 aromatic carbocycles. The van der Waals surface area contributed by atoms with E-state index in [0.29, 0.717) is 18.4 Å². The summed E-state index contributed by atoms with van der Waals surface area (Å²) in [5.41, 5.74) is -0.196. The summed E-state index contributed by atoms with van der Waals surface area (Å²) in [6.45, 7) is 13.3. The van der Waals surface area contributed by atoms with Crippen molar-refractivity contribution in [1.29, 1.82) is 0 Å². The van der Waals surface area contributed by atoms with Gasteiger partial charge in [0.05, 0.1) is 29.9 Å². The van der Waals surface area contributed by atoms with E-state index in [2.05, 4.69) is 44.9 Å². The summed E-state index contributed by atoms with van der Waals surface area (Å²) in [7, 11) is -0.400. The molecule has 3 saturated carbocycles. The average molecular weight is 389 g/mol. The van der Waals surface area contributed by atoms with Crippen molar-refractivity contribution in [2.24, 2.45) is 17.3 Å². The van der Waals surface area contributed by atoms with Crippen molar-refractivity contribution in [2.75, 3.05) is 6.61 Å². The van der Waals surface area contributed by atoms with E-state index in [1.807, 2.05) is 0 Å². The van der Waals surface area contributed by atoms with Crippen molar-refractivity contribution in [3.05, 3.63) is 11.9 Å². The molecular formula is C20H32BN3O4. The Morgan fingerprint density at radius 2 is 2.14 bits per heavy atom. The van der Waals surface area contributed by atoms with Gasteiger partial charge in [0.25, 0.3) is 0 Å². The van der Waals surface area contributed by atoms with Gasteiger partial charge in [0.15, 0.2) is 5.69 Å². The Bertz CT molecular complexity index is 766. The second-order valence-corrected chi connectivity index (χ2v) is 9.82. The topological polar surface area (TPSA) is 75.5 Å². The lowest BCUT2D eigenvalue weighted by Gasteiger charge is -2.69. The quantitative estimate of drug-likeness (QED) is 0.548. The third kappa shape index (κ3) is 2.67. The third-order valence-corrected chi connectivity index (χ3v) is 7.47. The van der Waals surface area contributed by atoms with Crippen LogP contribution in [0.1, 0.15) is 83.7 Å². The van der Waals surface area contributed by atoms with Gasteiger partial charge in [0, 0.05) is 0 Å². The summed E-state index contributed by atoms with van der Waals surface area (Å²) in [6, 6.07) is 0. The minimum atomic E-state index is -0.451. The van der Waals surface area contributed by atoms with Crippen LogP contribution in [0.2, 0.25) is 0 Å². The van der Waals surface area contributed by atoms with Crippen LogP contribution in [0.5, 0.6) is 0 Å². The number of carbonyl (C=O) groups is 1. The van der Waals surface area contributed by atoms with E-state index in [-0.39, 0.29) is 28.3 Å². The Morgan fingerprint density at radius 1 is 1.39 bits per heavy atom. The van der Waals surface area contributed by atoms with E-state index >= 15 is 0 Å². The summed E-state index contributed by atoms with van der Waals surface area (Å²) in [5.74, 6) is 0.533. The Morgan fingerprint density at radius 3 is 2.75 bits per heavy atom. The van der Waals surface area contributed by atoms with Gasteiger partial charge in [-0.2, -0.15) is 0 Å². The molecule has 1 aromatic rings. The monoisotopic (exact) mass is 389 g/mol. The molecule has 2 bridgehead atoms. The summed E-state index contributed by atoms with van der Waals surface area (Å²) in [6.07, 6.45) is 5.76. The van der Waals surface area contributed by atoms with Crippen molar-refractivity contribution in [1.82, 2.24) is 15.0 Å². The van der Waals surface area contributed by atoms with Crippen LogP contribution in [0, 0.1) is 17.3 Å². The molecular weight excluding hydrogens is 357 g/mol. The van der Waals surface area contributed by atoms with Gasteiger partial charge in [-0.15, -0.1) is 5.10 Å². The number of esters is 1. The van der Waals surface area contributed by atoms with Crippen LogP contribution in [0.4, 0.5) is 0 Å². The van der Waals surface area contributed by atoms with Crippen molar-refractivity contribution >= 4 is 13.1 Å². The van der Waals surface area contributed by atoms with Gasteiger partial charge in [0.1, 0.15) is 0 Å². The number of carbonyl (C=O) groups excluding carboxylic acids is 1. The van der Waals surface area contributed by atoms with E-state index in [4.69, 9.17) is 14.0 Å². The first-order chi connectivity index (χ1) is 13.1. The lowest BCUT2D eigenvalue weighted by molar-refractivity contribution is -0.257. The molecule has 3 aliphatic carbocycles. The molecule has 4 atom stereocenters. The van der Waals surface area contributed by atoms with Gasteiger partial charge < -0.3 is 14.0 Å². The van der Waals surface area contributed by atoms with E-state index in [9.17, 15) is 4.79 Å². The highest BCUT2D eigenvalue weighted by Gasteiger charge is 2.76. The fraction of sp³-hybridized carbons (Fsp3) is 0.850. The summed E-state index contributed by atoms with van der Waals surface area (Å²) in [5, 5.41) is 8.26. The highest BCUT2D eigenvalue weighted by atomic mass is 16.7. The normalized spacial score (nSPS) is 34.1. The molecule has 3 unspecified atom stereocenters. The number of rotatable bonds is 6. The number of aromatic nitrogens is 3. The Hall–Kier alpha value is -1.41. The molecule has 28 heavy (non-hydrogen) atoms. The van der Waals surface area contributed by atoms with Gasteiger partial charge in [-0.1, -0.05) is 32.9 Å². The number of hydrogen-bond acceptors (Lipinski definition) is 6. The molecule has 154 valence electrons. The number of ether oxygens (including phenoxy) is 1. The van der Waals surface area contributed by atoms with E-state index in [0.717, 1.165) is 19.3 Å². The fourth-order valence-electron chi connectivity index (χ4n) is 5.75. The smallest absolute Gasteiger partial charge is 0.461 e. The van der Waals surface area contributed by atoms with Gasteiger partial charge in [-0.25, -0.2) is 4.79 Å². The molecule has 4 aliphatic rings. The molecule has 0 radical (unpaired) electrons. The van der Waals surface area contributed by atoms with E-state index < -0.39 is 13.1 Å². The predicted octanol–water partition coefficient (Wildman–Crippen LogP) is 3.45. The third-order valence-electron chi connectivity index (χ3n) is 7.47. The molecule has 4 fully saturated rings. The lowest BCUT2D eigenvalue weighted by Crippen LogP contribution is -2.73. The second kappa shape index (κ2) is 6.56. The van der Waals surface area contributed by atoms with Crippen LogP contribution < -0.4 is 0 Å². The number of hydrogen-bond donors (Lipinski definition) is 0. The first-order valence-electron chi connectivity index (χ1n) is 10.6. The zero-order chi connectivity index (χ0) is 20.3. The molecule has 5 rings (SSSR count). The Kier molecular flexibility index (Phi) is 4.66. The van der Waals surface area contributed by atoms with Gasteiger partial charge in [0.2, 0.25) is 0 Å². The van der Waals surface area contributed by atoms with Crippen LogP contribution in [0.15, 0.2) is 6.20 Å². The van der Waals surface area contributed by atoms with Crippen LogP contribution in [0.25, 0.3) is 0 Å². The number of fused-ring (bicyclic) bond motifs is 1. The Labute approximate surface area is 167 Å². The standard InChI is InChI=1S/C20H32BN3O4/c1-7-26-17(25)15-12-24(23-22-15)16(10-13(2)3)21-27-19(6)9-8-14-11-20(19,28-21)18(14,4)5/h12-14,16H,7-11H2,1-6H3/t14?,16-,19?,20?/m0/s1. The van der Waals surface area contributed by atoms with Crippen molar-refractivity contribution < 1.29 is 18.8 Å². The van der Waals surface area contributed by atoms with Crippen molar-refractivity contribution in [2.45, 2.75) is 84.4 Å². The van der Waals surface area contributed by atoms with E-state index in [1.165, 1.54) is 6.42 Å². The van der Waals surface area contributed by atoms with Crippen LogP contribution in [0.3, 0.4) is 0 Å². The molecule has 0 N–H and O–H groups in total. The minimum Gasteiger partial charge on any atom is -0.461 e. The molecule has 2 heterocycles. The highest BCUT2D eigenvalue weighted by molar-refractivity contribution is 6.46. The first kappa shape index (κ1) is 19.9. The maximum absolute atomic E-state index is 12.0. The summed E-state index contributed by atoms with van der Waals surface area (Å²) in [4.78, 5) is 12.0. The average Bonchev–Trinajstić information content (AvgIpc) is 3.22. The van der Waals surface area contributed by atoms with Crippen LogP contribution >= 0.6 is 0 Å². The predicted molar refractivity (Wildman–Crippen MR) is 105 cm³/mol. The molecule has 0 amide bonds. The second-order valence-electron chi connectivity index (χ2n) is 9.82. The SMILES string of the molecule is CCOC(=O)c1cn([C@@H](CC(C)C)B2OC3(C)CCC4CC3(O2)C4(C)C)nn1. The van der Waals surface area contributed by atoms with Crippen molar-refractivity contribution in [3.8, 4) is 0 Å². The van der Waals surface area contributed by atoms with Gasteiger partial charge in [-0.3, -0.25) is 4.68 Å². The largest absolute Gasteiger partial charge is 0.484 e. The highest BCUT2D eigenvalue weighted by Crippen LogP contribution is 2.70. The minimum absolute atomic E-state index is 0.107. The number of nitrogens with zero attached hydrogens (tertiary/aromatic N) is 3. The molecule has 8 heteroatoms. The van der Waals surface area contributed by atoms with Crippen molar-refractivity contribution in [3.63, 3.8) is 0 Å². The molecule has 1 saturated heterocycles. The molecule has 1 spiro atoms. The first-order valence-corrected chi connectivity index (χ1v) is 10.6. The Balaban J connectivity index is 1.62. The van der Waals surface area contributed by atoms with Crippen LogP contribution in [-0.4, -0.2) is 45.9 Å². The molecule has 1 aromatic heterocycles. The molecule has 7 nitrogen and oxygen atoms in total. The maximum atomic E-state index is 12.0. The lowest BCUT2D eigenvalue weighted by atomic mass is 9.41. The zero-order valence-corrected chi connectivity index (χ0v) is 17.9. The van der Waals surface area contributed by atoms with Gasteiger partial charge in [-0.05, 0) is 56.8 Å².